The summed E-state index contributed by atoms with van der Waals surface area (Å²) < 4.78 is 6.30. The van der Waals surface area contributed by atoms with Gasteiger partial charge in [-0.05, 0) is 55.0 Å². The molecule has 0 spiro atoms. The zero-order valence-corrected chi connectivity index (χ0v) is 20.2. The van der Waals surface area contributed by atoms with Crippen molar-refractivity contribution in [2.45, 2.75) is 51.4 Å². The Morgan fingerprint density at radius 2 is 1.94 bits per heavy atom. The van der Waals surface area contributed by atoms with Gasteiger partial charge in [0.25, 0.3) is 5.91 Å². The molecule has 8 nitrogen and oxygen atoms in total. The molecule has 1 N–H and O–H groups in total. The van der Waals surface area contributed by atoms with Gasteiger partial charge in [-0.1, -0.05) is 24.3 Å². The number of carbonyl (C=O) groups excluding carboxylic acids is 3. The first kappa shape index (κ1) is 22.7. The Morgan fingerprint density at radius 3 is 2.81 bits per heavy atom. The van der Waals surface area contributed by atoms with Gasteiger partial charge in [0.05, 0.1) is 5.69 Å². The monoisotopic (exact) mass is 484 g/mol. The first-order chi connectivity index (χ1) is 17.4. The molecular formula is C28H28N4O4. The maximum atomic E-state index is 12.9. The summed E-state index contributed by atoms with van der Waals surface area (Å²) in [6, 6.07) is 15.4. The second kappa shape index (κ2) is 9.02. The number of piperidine rings is 1. The summed E-state index contributed by atoms with van der Waals surface area (Å²) in [6.45, 7) is 4.94. The van der Waals surface area contributed by atoms with Crippen LogP contribution in [0.25, 0.3) is 10.8 Å². The average molecular weight is 485 g/mol. The first-order valence-electron chi connectivity index (χ1n) is 12.5. The van der Waals surface area contributed by atoms with Gasteiger partial charge in [-0.15, -0.1) is 0 Å². The lowest BCUT2D eigenvalue weighted by Crippen LogP contribution is -2.52. The summed E-state index contributed by atoms with van der Waals surface area (Å²) >= 11 is 0. The number of aryl methyl sites for hydroxylation is 1. The molecule has 3 aromatic rings. The second-order valence-corrected chi connectivity index (χ2v) is 9.90. The van der Waals surface area contributed by atoms with E-state index in [1.54, 1.807) is 11.0 Å². The lowest BCUT2D eigenvalue weighted by Gasteiger charge is -2.29. The summed E-state index contributed by atoms with van der Waals surface area (Å²) in [4.78, 5) is 45.4. The molecule has 3 aliphatic rings. The molecule has 184 valence electrons. The number of ether oxygens (including phenoxy) is 1. The predicted octanol–water partition coefficient (Wildman–Crippen LogP) is 2.96. The SMILES string of the molecule is Cc1nc(CN2CC[C@H](Oc3ccc4c(c3)CN(C3CCC(=O)NC3=O)C4=O)C2)cc2ccccc12. The van der Waals surface area contributed by atoms with Crippen LogP contribution < -0.4 is 10.1 Å². The molecule has 3 aliphatic heterocycles. The van der Waals surface area contributed by atoms with Crippen molar-refractivity contribution in [1.82, 2.24) is 20.1 Å². The molecule has 4 heterocycles. The molecule has 8 heteroatoms. The molecule has 1 unspecified atom stereocenters. The number of nitrogens with zero attached hydrogens (tertiary/aromatic N) is 3. The molecular weight excluding hydrogens is 456 g/mol. The van der Waals surface area contributed by atoms with Crippen molar-refractivity contribution >= 4 is 28.5 Å². The Hall–Kier alpha value is -3.78. The summed E-state index contributed by atoms with van der Waals surface area (Å²) in [5, 5.41) is 4.74. The van der Waals surface area contributed by atoms with E-state index in [-0.39, 0.29) is 24.3 Å². The van der Waals surface area contributed by atoms with Crippen LogP contribution in [0.4, 0.5) is 0 Å². The Labute approximate surface area is 209 Å². The number of likely N-dealkylation sites (tertiary alicyclic amines) is 1. The molecule has 2 atom stereocenters. The van der Waals surface area contributed by atoms with Gasteiger partial charge in [0, 0.05) is 49.2 Å². The molecule has 6 rings (SSSR count). The van der Waals surface area contributed by atoms with Crippen LogP contribution in [0.2, 0.25) is 0 Å². The van der Waals surface area contributed by atoms with Gasteiger partial charge < -0.3 is 9.64 Å². The fourth-order valence-electron chi connectivity index (χ4n) is 5.60. The normalized spacial score (nSPS) is 22.2. The van der Waals surface area contributed by atoms with E-state index in [4.69, 9.17) is 9.72 Å². The minimum absolute atomic E-state index is 0.0629. The van der Waals surface area contributed by atoms with E-state index in [0.717, 1.165) is 48.8 Å². The number of rotatable bonds is 5. The van der Waals surface area contributed by atoms with Crippen molar-refractivity contribution < 1.29 is 19.1 Å². The van der Waals surface area contributed by atoms with E-state index in [1.807, 2.05) is 18.2 Å². The van der Waals surface area contributed by atoms with Crippen LogP contribution in [0.5, 0.6) is 5.75 Å². The highest BCUT2D eigenvalue weighted by Crippen LogP contribution is 2.31. The predicted molar refractivity (Wildman–Crippen MR) is 133 cm³/mol. The highest BCUT2D eigenvalue weighted by molar-refractivity contribution is 6.05. The van der Waals surface area contributed by atoms with Gasteiger partial charge in [-0.25, -0.2) is 0 Å². The summed E-state index contributed by atoms with van der Waals surface area (Å²) in [6.07, 6.45) is 1.59. The molecule has 0 radical (unpaired) electrons. The number of carbonyl (C=O) groups is 3. The van der Waals surface area contributed by atoms with Crippen LogP contribution in [-0.4, -0.2) is 57.7 Å². The number of fused-ring (bicyclic) bond motifs is 2. The smallest absolute Gasteiger partial charge is 0.255 e. The Kier molecular flexibility index (Phi) is 5.68. The quantitative estimate of drug-likeness (QED) is 0.560. The lowest BCUT2D eigenvalue weighted by molar-refractivity contribution is -0.136. The van der Waals surface area contributed by atoms with Gasteiger partial charge in [-0.3, -0.25) is 29.6 Å². The van der Waals surface area contributed by atoms with Gasteiger partial charge in [0.1, 0.15) is 17.9 Å². The Balaban J connectivity index is 1.09. The first-order valence-corrected chi connectivity index (χ1v) is 12.5. The van der Waals surface area contributed by atoms with E-state index >= 15 is 0 Å². The Bertz CT molecular complexity index is 1390. The zero-order valence-electron chi connectivity index (χ0n) is 20.2. The summed E-state index contributed by atoms with van der Waals surface area (Å²) in [5.41, 5.74) is 3.57. The maximum Gasteiger partial charge on any atom is 0.255 e. The maximum absolute atomic E-state index is 12.9. The summed E-state index contributed by atoms with van der Waals surface area (Å²) in [5.74, 6) is -0.117. The van der Waals surface area contributed by atoms with Crippen molar-refractivity contribution in [3.63, 3.8) is 0 Å². The number of pyridine rings is 1. The van der Waals surface area contributed by atoms with Gasteiger partial charge in [-0.2, -0.15) is 0 Å². The zero-order chi connectivity index (χ0) is 24.8. The third kappa shape index (κ3) is 4.22. The highest BCUT2D eigenvalue weighted by Gasteiger charge is 2.39. The van der Waals surface area contributed by atoms with Crippen molar-refractivity contribution in [2.24, 2.45) is 0 Å². The third-order valence-corrected chi connectivity index (χ3v) is 7.40. The molecule has 0 saturated carbocycles. The third-order valence-electron chi connectivity index (χ3n) is 7.40. The second-order valence-electron chi connectivity index (χ2n) is 9.90. The van der Waals surface area contributed by atoms with Crippen LogP contribution >= 0.6 is 0 Å². The van der Waals surface area contributed by atoms with Gasteiger partial charge in [0.2, 0.25) is 11.8 Å². The molecule has 36 heavy (non-hydrogen) atoms. The lowest BCUT2D eigenvalue weighted by atomic mass is 10.0. The Morgan fingerprint density at radius 1 is 1.08 bits per heavy atom. The van der Waals surface area contributed by atoms with Gasteiger partial charge in [0.15, 0.2) is 0 Å². The average Bonchev–Trinajstić information content (AvgIpc) is 3.42. The molecule has 0 aliphatic carbocycles. The van der Waals surface area contributed by atoms with E-state index < -0.39 is 11.9 Å². The largest absolute Gasteiger partial charge is 0.489 e. The minimum Gasteiger partial charge on any atom is -0.489 e. The standard InChI is InChI=1S/C28H28N4O4/c1-17-23-5-3-2-4-18(23)12-20(29-17)15-31-11-10-22(16-31)36-21-6-7-24-19(13-21)14-32(28(24)35)25-8-9-26(33)30-27(25)34/h2-7,12-13,22,25H,8-11,14-16H2,1H3,(H,30,33,34)/t22-,25?/m0/s1. The highest BCUT2D eigenvalue weighted by atomic mass is 16.5. The van der Waals surface area contributed by atoms with Gasteiger partial charge >= 0.3 is 0 Å². The number of nitrogens with one attached hydrogen (secondary N) is 1. The number of amides is 3. The minimum atomic E-state index is -0.609. The molecule has 1 aromatic heterocycles. The van der Waals surface area contributed by atoms with E-state index in [9.17, 15) is 14.4 Å². The van der Waals surface area contributed by atoms with Crippen LogP contribution in [0.15, 0.2) is 48.5 Å². The van der Waals surface area contributed by atoms with Crippen LogP contribution in [-0.2, 0) is 22.7 Å². The van der Waals surface area contributed by atoms with E-state index in [2.05, 4.69) is 41.4 Å². The van der Waals surface area contributed by atoms with Crippen molar-refractivity contribution in [3.8, 4) is 5.75 Å². The molecule has 2 aromatic carbocycles. The number of aromatic nitrogens is 1. The van der Waals surface area contributed by atoms with Crippen LogP contribution in [0, 0.1) is 6.92 Å². The number of hydrogen-bond donors (Lipinski definition) is 1. The molecule has 2 fully saturated rings. The van der Waals surface area contributed by atoms with Crippen LogP contribution in [0.3, 0.4) is 0 Å². The topological polar surface area (TPSA) is 91.8 Å². The number of benzene rings is 2. The molecule has 3 amide bonds. The van der Waals surface area contributed by atoms with Crippen LogP contribution in [0.1, 0.15) is 46.6 Å². The van der Waals surface area contributed by atoms with E-state index in [0.29, 0.717) is 18.5 Å². The van der Waals surface area contributed by atoms with Crippen molar-refractivity contribution in [1.29, 1.82) is 0 Å². The molecule has 0 bridgehead atoms. The number of hydrogen-bond acceptors (Lipinski definition) is 6. The van der Waals surface area contributed by atoms with Crippen molar-refractivity contribution in [3.05, 3.63) is 71.0 Å². The fourth-order valence-corrected chi connectivity index (χ4v) is 5.60. The van der Waals surface area contributed by atoms with E-state index in [1.165, 1.54) is 10.8 Å². The molecule has 2 saturated heterocycles. The number of imide groups is 1. The summed E-state index contributed by atoms with van der Waals surface area (Å²) in [7, 11) is 0. The van der Waals surface area contributed by atoms with Crippen molar-refractivity contribution in [2.75, 3.05) is 13.1 Å². The fraction of sp³-hybridized carbons (Fsp3) is 0.357.